The van der Waals surface area contributed by atoms with Crippen molar-refractivity contribution in [2.45, 2.75) is 65.8 Å². The molecule has 0 aliphatic rings. The fourth-order valence-electron chi connectivity index (χ4n) is 3.11. The van der Waals surface area contributed by atoms with Gasteiger partial charge in [0, 0.05) is 6.54 Å². The van der Waals surface area contributed by atoms with E-state index in [1.165, 1.54) is 0 Å². The maximum absolute atomic E-state index is 12.2. The van der Waals surface area contributed by atoms with Crippen LogP contribution in [0.2, 0.25) is 0 Å². The minimum absolute atomic E-state index is 0.171. The van der Waals surface area contributed by atoms with Gasteiger partial charge in [-0.15, -0.1) is 0 Å². The van der Waals surface area contributed by atoms with Crippen LogP contribution in [0.5, 0.6) is 0 Å². The third kappa shape index (κ3) is 4.85. The summed E-state index contributed by atoms with van der Waals surface area (Å²) in [4.78, 5) is 24.1. The molecule has 1 rings (SSSR count). The number of amides is 1. The second kappa shape index (κ2) is 8.21. The number of carbonyl (C=O) groups is 2. The molecule has 1 unspecified atom stereocenters. The predicted octanol–water partition coefficient (Wildman–Crippen LogP) is 3.28. The summed E-state index contributed by atoms with van der Waals surface area (Å²) in [6, 6.07) is 7.12. The highest BCUT2D eigenvalue weighted by atomic mass is 16.4. The van der Waals surface area contributed by atoms with Crippen molar-refractivity contribution >= 4 is 11.9 Å². The molecule has 1 amide bonds. The summed E-state index contributed by atoms with van der Waals surface area (Å²) in [7, 11) is 0. The van der Waals surface area contributed by atoms with Crippen molar-refractivity contribution in [3.8, 4) is 0 Å². The summed E-state index contributed by atoms with van der Waals surface area (Å²) in [5, 5.41) is 12.8. The van der Waals surface area contributed by atoms with E-state index in [9.17, 15) is 14.7 Å². The van der Waals surface area contributed by atoms with Crippen LogP contribution in [0.1, 0.15) is 65.5 Å². The third-order valence-corrected chi connectivity index (χ3v) is 5.57. The molecule has 1 aromatic carbocycles. The van der Waals surface area contributed by atoms with Gasteiger partial charge in [-0.1, -0.05) is 65.8 Å². The zero-order valence-corrected chi connectivity index (χ0v) is 17.1. The number of carbonyl (C=O) groups excluding carboxylic acids is 1. The van der Waals surface area contributed by atoms with Gasteiger partial charge < -0.3 is 16.2 Å². The van der Waals surface area contributed by atoms with Crippen molar-refractivity contribution in [1.29, 1.82) is 0 Å². The fourth-order valence-corrected chi connectivity index (χ4v) is 3.11. The van der Waals surface area contributed by atoms with Crippen LogP contribution in [0.15, 0.2) is 24.3 Å². The summed E-state index contributed by atoms with van der Waals surface area (Å²) in [6.07, 6.45) is 0. The Kier molecular flexibility index (Phi) is 7.00. The molecule has 0 aromatic heterocycles. The molecule has 0 aliphatic carbocycles. The number of rotatable bonds is 8. The molecule has 0 saturated heterocycles. The smallest absolute Gasteiger partial charge is 0.311 e. The average Bonchev–Trinajstić information content (AvgIpc) is 2.52. The van der Waals surface area contributed by atoms with Gasteiger partial charge in [0.1, 0.15) is 0 Å². The van der Waals surface area contributed by atoms with E-state index in [0.717, 1.165) is 11.1 Å². The first-order valence-corrected chi connectivity index (χ1v) is 9.18. The van der Waals surface area contributed by atoms with Crippen LogP contribution in [0.4, 0.5) is 0 Å². The summed E-state index contributed by atoms with van der Waals surface area (Å²) < 4.78 is 0. The van der Waals surface area contributed by atoms with Gasteiger partial charge in [-0.25, -0.2) is 0 Å². The number of benzene rings is 1. The number of carboxylic acid groups (broad SMARTS) is 1. The number of carboxylic acids is 1. The van der Waals surface area contributed by atoms with E-state index >= 15 is 0 Å². The molecule has 5 heteroatoms. The van der Waals surface area contributed by atoms with Crippen molar-refractivity contribution < 1.29 is 14.7 Å². The van der Waals surface area contributed by atoms with Crippen LogP contribution < -0.4 is 11.1 Å². The Morgan fingerprint density at radius 3 is 2.12 bits per heavy atom. The maximum atomic E-state index is 12.2. The van der Waals surface area contributed by atoms with Gasteiger partial charge in [0.2, 0.25) is 5.91 Å². The minimum atomic E-state index is -0.892. The lowest BCUT2D eigenvalue weighted by Crippen LogP contribution is -2.45. The van der Waals surface area contributed by atoms with Gasteiger partial charge in [-0.3, -0.25) is 9.59 Å². The standard InChI is InChI=1S/C21H34N2O3/c1-13(2)21(6,7)16-11-9-8-10-15(16)17(19(25)26)20(4,5)12-23-18(24)14(3)22/h8-11,13-14,17H,12,22H2,1-7H3,(H,23,24)(H,25,26)/t14-,17?/m0/s1. The summed E-state index contributed by atoms with van der Waals surface area (Å²) in [5.41, 5.74) is 6.59. The number of nitrogens with one attached hydrogen (secondary N) is 1. The first-order chi connectivity index (χ1) is 11.8. The largest absolute Gasteiger partial charge is 0.481 e. The molecule has 1 aromatic rings. The lowest BCUT2D eigenvalue weighted by atomic mass is 9.67. The number of hydrogen-bond donors (Lipinski definition) is 3. The van der Waals surface area contributed by atoms with Gasteiger partial charge in [0.15, 0.2) is 0 Å². The van der Waals surface area contributed by atoms with E-state index in [1.807, 2.05) is 38.1 Å². The van der Waals surface area contributed by atoms with Crippen LogP contribution in [0.3, 0.4) is 0 Å². The van der Waals surface area contributed by atoms with Crippen LogP contribution in [-0.4, -0.2) is 29.6 Å². The molecule has 4 N–H and O–H groups in total. The van der Waals surface area contributed by atoms with E-state index in [4.69, 9.17) is 5.73 Å². The normalized spacial score (nSPS) is 14.8. The van der Waals surface area contributed by atoms with Crippen LogP contribution >= 0.6 is 0 Å². The van der Waals surface area contributed by atoms with Gasteiger partial charge in [-0.05, 0) is 34.8 Å². The highest BCUT2D eigenvalue weighted by molar-refractivity contribution is 5.81. The van der Waals surface area contributed by atoms with Crippen LogP contribution in [0.25, 0.3) is 0 Å². The molecule has 0 spiro atoms. The number of aliphatic carboxylic acids is 1. The Hall–Kier alpha value is -1.88. The molecule has 0 heterocycles. The van der Waals surface area contributed by atoms with Crippen LogP contribution in [0, 0.1) is 11.3 Å². The summed E-state index contributed by atoms with van der Waals surface area (Å²) in [6.45, 7) is 14.1. The molecule has 0 fully saturated rings. The SMILES string of the molecule is CC(C)C(C)(C)c1ccccc1C(C(=O)O)C(C)(C)CNC(=O)[C@H](C)N. The average molecular weight is 363 g/mol. The Labute approximate surface area is 157 Å². The highest BCUT2D eigenvalue weighted by Gasteiger charge is 2.40. The zero-order valence-electron chi connectivity index (χ0n) is 17.1. The molecular weight excluding hydrogens is 328 g/mol. The molecule has 0 radical (unpaired) electrons. The molecule has 5 nitrogen and oxygen atoms in total. The van der Waals surface area contributed by atoms with Crippen molar-refractivity contribution in [3.05, 3.63) is 35.4 Å². The van der Waals surface area contributed by atoms with E-state index in [-0.39, 0.29) is 17.9 Å². The molecule has 2 atom stereocenters. The van der Waals surface area contributed by atoms with Crippen molar-refractivity contribution in [2.24, 2.45) is 17.1 Å². The first kappa shape index (κ1) is 22.2. The second-order valence-electron chi connectivity index (χ2n) is 8.73. The Balaban J connectivity index is 3.35. The van der Waals surface area contributed by atoms with Gasteiger partial charge in [0.05, 0.1) is 12.0 Å². The molecule has 26 heavy (non-hydrogen) atoms. The zero-order chi connectivity index (χ0) is 20.3. The Morgan fingerprint density at radius 2 is 1.65 bits per heavy atom. The van der Waals surface area contributed by atoms with E-state index in [0.29, 0.717) is 5.92 Å². The van der Waals surface area contributed by atoms with Crippen molar-refractivity contribution in [2.75, 3.05) is 6.54 Å². The topological polar surface area (TPSA) is 92.4 Å². The lowest BCUT2D eigenvalue weighted by Gasteiger charge is -2.38. The highest BCUT2D eigenvalue weighted by Crippen LogP contribution is 2.42. The van der Waals surface area contributed by atoms with Gasteiger partial charge in [-0.2, -0.15) is 0 Å². The maximum Gasteiger partial charge on any atom is 0.311 e. The minimum Gasteiger partial charge on any atom is -0.481 e. The predicted molar refractivity (Wildman–Crippen MR) is 105 cm³/mol. The molecular formula is C21H34N2O3. The van der Waals surface area contributed by atoms with E-state index in [1.54, 1.807) is 6.92 Å². The van der Waals surface area contributed by atoms with E-state index < -0.39 is 23.3 Å². The monoisotopic (exact) mass is 362 g/mol. The molecule has 0 bridgehead atoms. The van der Waals surface area contributed by atoms with Crippen LogP contribution in [-0.2, 0) is 15.0 Å². The Bertz CT molecular complexity index is 648. The van der Waals surface area contributed by atoms with Crippen molar-refractivity contribution in [3.63, 3.8) is 0 Å². The van der Waals surface area contributed by atoms with E-state index in [2.05, 4.69) is 33.0 Å². The van der Waals surface area contributed by atoms with Crippen molar-refractivity contribution in [1.82, 2.24) is 5.32 Å². The fraction of sp³-hybridized carbons (Fsp3) is 0.619. The van der Waals surface area contributed by atoms with Gasteiger partial charge in [0.25, 0.3) is 0 Å². The third-order valence-electron chi connectivity index (χ3n) is 5.57. The summed E-state index contributed by atoms with van der Waals surface area (Å²) in [5.74, 6) is -1.57. The quantitative estimate of drug-likeness (QED) is 0.662. The van der Waals surface area contributed by atoms with Gasteiger partial charge >= 0.3 is 5.97 Å². The lowest BCUT2D eigenvalue weighted by molar-refractivity contribution is -0.142. The first-order valence-electron chi connectivity index (χ1n) is 9.18. The summed E-state index contributed by atoms with van der Waals surface area (Å²) >= 11 is 0. The molecule has 0 saturated carbocycles. The second-order valence-corrected chi connectivity index (χ2v) is 8.73. The molecule has 0 aliphatic heterocycles. The number of nitrogens with two attached hydrogens (primary N) is 1. The molecule has 146 valence electrons. The number of hydrogen-bond acceptors (Lipinski definition) is 3. The Morgan fingerprint density at radius 1 is 1.12 bits per heavy atom.